The van der Waals surface area contributed by atoms with Crippen LogP contribution in [0.15, 0.2) is 42.5 Å². The van der Waals surface area contributed by atoms with Gasteiger partial charge < -0.3 is 14.2 Å². The topological polar surface area (TPSA) is 78.0 Å². The van der Waals surface area contributed by atoms with E-state index in [0.717, 1.165) is 11.3 Å². The third-order valence-electron chi connectivity index (χ3n) is 4.83. The fraction of sp³-hybridized carbons (Fsp3) is 0.227. The molecule has 1 saturated heterocycles. The number of fused-ring (bicyclic) bond motifs is 1. The molecular formula is C22H18Cl2N2O5. The van der Waals surface area contributed by atoms with Crippen molar-refractivity contribution < 1.29 is 23.8 Å². The lowest BCUT2D eigenvalue weighted by molar-refractivity contribution is 0.0594. The number of carbonyl (C=O) groups is 2. The summed E-state index contributed by atoms with van der Waals surface area (Å²) in [7, 11) is 1.26. The highest BCUT2D eigenvalue weighted by Crippen LogP contribution is 2.35. The molecule has 1 aliphatic rings. The van der Waals surface area contributed by atoms with Gasteiger partial charge in [-0.05, 0) is 31.2 Å². The molecule has 9 heteroatoms. The first-order chi connectivity index (χ1) is 14.9. The smallest absolute Gasteiger partial charge is 0.414 e. The Morgan fingerprint density at radius 1 is 1.23 bits per heavy atom. The molecule has 2 heterocycles. The lowest BCUT2D eigenvalue weighted by Gasteiger charge is -2.15. The second-order valence-electron chi connectivity index (χ2n) is 7.04. The van der Waals surface area contributed by atoms with Crippen LogP contribution in [0.5, 0.6) is 5.75 Å². The number of amides is 1. The standard InChI is InChI=1S/C22H18Cl2N2O5/c1-12-3-5-14(6-4-12)26-10-15(31-22(26)28)11-30-19-9-18(21(27)29-2)25-17-8-13(23)7-16(24)20(17)19/h3-9,15H,10-11H2,1-2H3. The lowest BCUT2D eigenvalue weighted by Crippen LogP contribution is -2.26. The molecule has 1 aromatic heterocycles. The summed E-state index contributed by atoms with van der Waals surface area (Å²) < 4.78 is 16.1. The Labute approximate surface area is 188 Å². The highest BCUT2D eigenvalue weighted by Gasteiger charge is 2.33. The van der Waals surface area contributed by atoms with Crippen LogP contribution in [0.2, 0.25) is 10.0 Å². The van der Waals surface area contributed by atoms with Crippen LogP contribution in [0.25, 0.3) is 10.9 Å². The lowest BCUT2D eigenvalue weighted by atomic mass is 10.1. The summed E-state index contributed by atoms with van der Waals surface area (Å²) in [5, 5.41) is 1.20. The van der Waals surface area contributed by atoms with Crippen LogP contribution in [0.3, 0.4) is 0 Å². The zero-order valence-electron chi connectivity index (χ0n) is 16.7. The molecule has 0 saturated carbocycles. The molecule has 0 spiro atoms. The fourth-order valence-corrected chi connectivity index (χ4v) is 3.88. The average Bonchev–Trinajstić information content (AvgIpc) is 3.11. The van der Waals surface area contributed by atoms with Crippen molar-refractivity contribution in [3.05, 3.63) is 63.8 Å². The van der Waals surface area contributed by atoms with E-state index in [-0.39, 0.29) is 12.3 Å². The molecule has 2 aromatic carbocycles. The molecule has 1 aliphatic heterocycles. The van der Waals surface area contributed by atoms with E-state index >= 15 is 0 Å². The van der Waals surface area contributed by atoms with E-state index in [9.17, 15) is 9.59 Å². The summed E-state index contributed by atoms with van der Waals surface area (Å²) in [4.78, 5) is 30.1. The van der Waals surface area contributed by atoms with Gasteiger partial charge in [-0.15, -0.1) is 0 Å². The molecule has 7 nitrogen and oxygen atoms in total. The zero-order chi connectivity index (χ0) is 22.1. The number of carbonyl (C=O) groups excluding carboxylic acids is 2. The summed E-state index contributed by atoms with van der Waals surface area (Å²) in [6.07, 6.45) is -0.957. The van der Waals surface area contributed by atoms with E-state index < -0.39 is 18.2 Å². The average molecular weight is 461 g/mol. The van der Waals surface area contributed by atoms with Crippen molar-refractivity contribution in [2.45, 2.75) is 13.0 Å². The summed E-state index contributed by atoms with van der Waals surface area (Å²) in [5.74, 6) is -0.308. The molecule has 1 unspecified atom stereocenters. The number of benzene rings is 2. The number of halogens is 2. The monoisotopic (exact) mass is 460 g/mol. The highest BCUT2D eigenvalue weighted by atomic mass is 35.5. The maximum absolute atomic E-state index is 12.3. The van der Waals surface area contributed by atoms with Gasteiger partial charge in [0.15, 0.2) is 11.8 Å². The van der Waals surface area contributed by atoms with Gasteiger partial charge in [0.25, 0.3) is 0 Å². The van der Waals surface area contributed by atoms with Crippen molar-refractivity contribution in [1.82, 2.24) is 4.98 Å². The minimum atomic E-state index is -0.624. The van der Waals surface area contributed by atoms with Gasteiger partial charge in [0.2, 0.25) is 0 Å². The van der Waals surface area contributed by atoms with Gasteiger partial charge in [0.1, 0.15) is 12.4 Å². The summed E-state index contributed by atoms with van der Waals surface area (Å²) in [5.41, 5.74) is 2.28. The quantitative estimate of drug-likeness (QED) is 0.496. The molecule has 160 valence electrons. The van der Waals surface area contributed by atoms with Crippen molar-refractivity contribution in [2.24, 2.45) is 0 Å². The number of methoxy groups -OCH3 is 1. The van der Waals surface area contributed by atoms with Crippen LogP contribution < -0.4 is 9.64 Å². The highest BCUT2D eigenvalue weighted by molar-refractivity contribution is 6.39. The number of aryl methyl sites for hydroxylation is 1. The van der Waals surface area contributed by atoms with Crippen LogP contribution in [0.4, 0.5) is 10.5 Å². The van der Waals surface area contributed by atoms with E-state index in [2.05, 4.69) is 4.98 Å². The maximum atomic E-state index is 12.3. The van der Waals surface area contributed by atoms with Crippen LogP contribution >= 0.6 is 23.2 Å². The number of hydrogen-bond acceptors (Lipinski definition) is 6. The molecule has 31 heavy (non-hydrogen) atoms. The van der Waals surface area contributed by atoms with Gasteiger partial charge in [0, 0.05) is 16.8 Å². The number of cyclic esters (lactones) is 1. The predicted molar refractivity (Wildman–Crippen MR) is 117 cm³/mol. The third-order valence-corrected chi connectivity index (χ3v) is 5.34. The van der Waals surface area contributed by atoms with Gasteiger partial charge in [-0.2, -0.15) is 0 Å². The van der Waals surface area contributed by atoms with Crippen molar-refractivity contribution >= 4 is 51.9 Å². The predicted octanol–water partition coefficient (Wildman–Crippen LogP) is 5.04. The zero-order valence-corrected chi connectivity index (χ0v) is 18.2. The second-order valence-corrected chi connectivity index (χ2v) is 7.89. The van der Waals surface area contributed by atoms with Crippen LogP contribution in [0, 0.1) is 6.92 Å². The summed E-state index contributed by atoms with van der Waals surface area (Å²) in [6.45, 7) is 2.36. The van der Waals surface area contributed by atoms with E-state index in [4.69, 9.17) is 37.4 Å². The SMILES string of the molecule is COC(=O)c1cc(OCC2CN(c3ccc(C)cc3)C(=O)O2)c2c(Cl)cc(Cl)cc2n1. The van der Waals surface area contributed by atoms with Crippen molar-refractivity contribution in [3.63, 3.8) is 0 Å². The molecule has 0 aliphatic carbocycles. The number of anilines is 1. The third kappa shape index (κ3) is 4.38. The van der Waals surface area contributed by atoms with Gasteiger partial charge in [-0.25, -0.2) is 14.6 Å². The van der Waals surface area contributed by atoms with E-state index in [0.29, 0.717) is 33.2 Å². The number of pyridine rings is 1. The number of ether oxygens (including phenoxy) is 3. The first-order valence-corrected chi connectivity index (χ1v) is 10.2. The number of nitrogens with zero attached hydrogens (tertiary/aromatic N) is 2. The van der Waals surface area contributed by atoms with E-state index in [1.54, 1.807) is 17.0 Å². The van der Waals surface area contributed by atoms with Crippen LogP contribution in [-0.4, -0.2) is 43.4 Å². The molecule has 4 rings (SSSR count). The fourth-order valence-electron chi connectivity index (χ4n) is 3.30. The van der Waals surface area contributed by atoms with Gasteiger partial charge >= 0.3 is 12.1 Å². The molecular weight excluding hydrogens is 443 g/mol. The Balaban J connectivity index is 1.58. The molecule has 0 N–H and O–H groups in total. The molecule has 1 fully saturated rings. The van der Waals surface area contributed by atoms with E-state index in [1.807, 2.05) is 31.2 Å². The molecule has 0 radical (unpaired) electrons. The van der Waals surface area contributed by atoms with Gasteiger partial charge in [-0.1, -0.05) is 40.9 Å². The Bertz CT molecular complexity index is 1170. The minimum Gasteiger partial charge on any atom is -0.489 e. The first-order valence-electron chi connectivity index (χ1n) is 9.41. The van der Waals surface area contributed by atoms with Gasteiger partial charge in [0.05, 0.1) is 29.6 Å². The Morgan fingerprint density at radius 2 is 1.97 bits per heavy atom. The van der Waals surface area contributed by atoms with Gasteiger partial charge in [-0.3, -0.25) is 4.90 Å². The van der Waals surface area contributed by atoms with E-state index in [1.165, 1.54) is 13.2 Å². The van der Waals surface area contributed by atoms with Crippen molar-refractivity contribution in [3.8, 4) is 5.75 Å². The number of aromatic nitrogens is 1. The molecule has 1 amide bonds. The maximum Gasteiger partial charge on any atom is 0.414 e. The largest absolute Gasteiger partial charge is 0.489 e. The summed E-state index contributed by atoms with van der Waals surface area (Å²) in [6, 6.07) is 12.2. The molecule has 1 atom stereocenters. The normalized spacial score (nSPS) is 15.8. The summed E-state index contributed by atoms with van der Waals surface area (Å²) >= 11 is 12.4. The van der Waals surface area contributed by atoms with Crippen LogP contribution in [0.1, 0.15) is 16.1 Å². The Kier molecular flexibility index (Phi) is 5.89. The molecule has 0 bridgehead atoms. The van der Waals surface area contributed by atoms with Crippen molar-refractivity contribution in [1.29, 1.82) is 0 Å². The Morgan fingerprint density at radius 3 is 2.68 bits per heavy atom. The molecule has 3 aromatic rings. The second kappa shape index (κ2) is 8.61. The number of esters is 1. The van der Waals surface area contributed by atoms with Crippen molar-refractivity contribution in [2.75, 3.05) is 25.2 Å². The number of rotatable bonds is 5. The number of hydrogen-bond donors (Lipinski definition) is 0. The van der Waals surface area contributed by atoms with Crippen LogP contribution in [-0.2, 0) is 9.47 Å². The minimum absolute atomic E-state index is 0.0491. The Hall–Kier alpha value is -3.03. The first kappa shape index (κ1) is 21.2.